The number of nitriles is 1. The lowest BCUT2D eigenvalue weighted by Gasteiger charge is -2.28. The van der Waals surface area contributed by atoms with Crippen LogP contribution in [0.1, 0.15) is 36.9 Å². The molecule has 6 heterocycles. The molecule has 0 amide bonds. The van der Waals surface area contributed by atoms with Crippen molar-refractivity contribution in [3.8, 4) is 22.5 Å². The largest absolute Gasteiger partial charge is 0.467 e. The van der Waals surface area contributed by atoms with Crippen LogP contribution in [0.25, 0.3) is 27.1 Å². The average Bonchev–Trinajstić information content (AvgIpc) is 3.41. The minimum absolute atomic E-state index is 0. The van der Waals surface area contributed by atoms with Crippen LogP contribution in [0.3, 0.4) is 0 Å². The maximum Gasteiger partial charge on any atom is 0.274 e. The van der Waals surface area contributed by atoms with Crippen LogP contribution in [0.4, 0.5) is 0 Å². The van der Waals surface area contributed by atoms with Crippen molar-refractivity contribution in [1.29, 1.82) is 5.26 Å². The number of ether oxygens (including phenoxy) is 1. The van der Waals surface area contributed by atoms with Gasteiger partial charge in [0.2, 0.25) is 0 Å². The highest BCUT2D eigenvalue weighted by molar-refractivity contribution is 7.20. The summed E-state index contributed by atoms with van der Waals surface area (Å²) < 4.78 is 9.17. The predicted molar refractivity (Wildman–Crippen MR) is 122 cm³/mol. The smallest absolute Gasteiger partial charge is 0.274 e. The van der Waals surface area contributed by atoms with E-state index in [4.69, 9.17) is 4.74 Å². The number of hydrogen-bond donors (Lipinski definition) is 1. The molecule has 7 nitrogen and oxygen atoms in total. The molecule has 3 atom stereocenters. The van der Waals surface area contributed by atoms with Gasteiger partial charge < -0.3 is 14.5 Å². The Kier molecular flexibility index (Phi) is 5.05. The Balaban J connectivity index is 0.00000204. The fourth-order valence-electron chi connectivity index (χ4n) is 4.71. The Morgan fingerprint density at radius 2 is 2.00 bits per heavy atom. The summed E-state index contributed by atoms with van der Waals surface area (Å²) in [5, 5.41) is 13.9. The topological polar surface area (TPSA) is 88.1 Å². The standard InChI is InChI=1S/C22H20N6OS.ClH/c1-12-10-28-11-14(4-13(8-23)21(28)25-12)18-7-20-19(9-24-18)27-22(30-20)29-17-5-15-2-3-16(6-17)26-15;/h4,7,9-11,15-17,26H,2-3,5-6H2,1H3;1H/t15-,16+,17-;. The SMILES string of the molecule is Cc1cn2cc(-c3cc4sc(O[C@@H]5C[C@H]6CC[C@@H](C5)N6)nc4cn3)cc(C#N)c2n1.Cl. The van der Waals surface area contributed by atoms with Crippen LogP contribution in [-0.2, 0) is 0 Å². The van der Waals surface area contributed by atoms with Gasteiger partial charge in [0.05, 0.1) is 27.8 Å². The molecule has 2 bridgehead atoms. The van der Waals surface area contributed by atoms with E-state index in [1.807, 2.05) is 35.9 Å². The minimum atomic E-state index is 0. The normalized spacial score (nSPS) is 22.4. The van der Waals surface area contributed by atoms with E-state index >= 15 is 0 Å². The van der Waals surface area contributed by atoms with Gasteiger partial charge in [0, 0.05) is 30.0 Å². The maximum absolute atomic E-state index is 9.54. The summed E-state index contributed by atoms with van der Waals surface area (Å²) in [6.45, 7) is 1.92. The summed E-state index contributed by atoms with van der Waals surface area (Å²) >= 11 is 1.56. The monoisotopic (exact) mass is 452 g/mol. The second kappa shape index (κ2) is 7.75. The van der Waals surface area contributed by atoms with Crippen LogP contribution in [0, 0.1) is 18.3 Å². The van der Waals surface area contributed by atoms with Crippen LogP contribution < -0.4 is 10.1 Å². The van der Waals surface area contributed by atoms with E-state index in [9.17, 15) is 5.26 Å². The fraction of sp³-hybridized carbons (Fsp3) is 0.364. The van der Waals surface area contributed by atoms with E-state index in [2.05, 4.69) is 26.3 Å². The minimum Gasteiger partial charge on any atom is -0.467 e. The van der Waals surface area contributed by atoms with Crippen LogP contribution in [0.15, 0.2) is 30.7 Å². The molecule has 2 saturated heterocycles. The Morgan fingerprint density at radius 3 is 2.77 bits per heavy atom. The molecule has 4 aromatic heterocycles. The van der Waals surface area contributed by atoms with E-state index in [-0.39, 0.29) is 18.5 Å². The van der Waals surface area contributed by atoms with Crippen LogP contribution in [0.5, 0.6) is 5.19 Å². The van der Waals surface area contributed by atoms with Gasteiger partial charge in [0.25, 0.3) is 5.19 Å². The van der Waals surface area contributed by atoms with Gasteiger partial charge in [-0.05, 0) is 44.7 Å². The lowest BCUT2D eigenvalue weighted by molar-refractivity contribution is 0.137. The van der Waals surface area contributed by atoms with Crippen molar-refractivity contribution in [2.75, 3.05) is 0 Å². The van der Waals surface area contributed by atoms with Crippen molar-refractivity contribution in [1.82, 2.24) is 24.7 Å². The van der Waals surface area contributed by atoms with Crippen molar-refractivity contribution in [2.24, 2.45) is 0 Å². The molecule has 0 spiro atoms. The van der Waals surface area contributed by atoms with Gasteiger partial charge in [-0.1, -0.05) is 11.3 Å². The Labute approximate surface area is 189 Å². The fourth-order valence-corrected chi connectivity index (χ4v) is 5.60. The van der Waals surface area contributed by atoms with E-state index in [1.165, 1.54) is 12.8 Å². The number of fused-ring (bicyclic) bond motifs is 4. The molecule has 31 heavy (non-hydrogen) atoms. The van der Waals surface area contributed by atoms with Gasteiger partial charge in [-0.3, -0.25) is 4.98 Å². The molecule has 2 aliphatic rings. The van der Waals surface area contributed by atoms with Crippen molar-refractivity contribution in [3.05, 3.63) is 42.0 Å². The molecule has 2 fully saturated rings. The predicted octanol–water partition coefficient (Wildman–Crippen LogP) is 4.27. The highest BCUT2D eigenvalue weighted by Crippen LogP contribution is 2.34. The molecular weight excluding hydrogens is 432 g/mol. The van der Waals surface area contributed by atoms with Gasteiger partial charge in [0.1, 0.15) is 17.7 Å². The number of aryl methyl sites for hydroxylation is 1. The molecule has 4 aromatic rings. The number of halogens is 1. The zero-order valence-corrected chi connectivity index (χ0v) is 18.5. The summed E-state index contributed by atoms with van der Waals surface area (Å²) in [7, 11) is 0. The van der Waals surface area contributed by atoms with Crippen LogP contribution in [0.2, 0.25) is 0 Å². The zero-order chi connectivity index (χ0) is 20.2. The van der Waals surface area contributed by atoms with Gasteiger partial charge in [-0.2, -0.15) is 5.26 Å². The summed E-state index contributed by atoms with van der Waals surface area (Å²) in [5.41, 5.74) is 4.62. The van der Waals surface area contributed by atoms with Crippen molar-refractivity contribution >= 4 is 39.6 Å². The number of aromatic nitrogens is 4. The van der Waals surface area contributed by atoms with Gasteiger partial charge in [-0.15, -0.1) is 12.4 Å². The lowest BCUT2D eigenvalue weighted by atomic mass is 10.0. The molecule has 0 radical (unpaired) electrons. The maximum atomic E-state index is 9.54. The quantitative estimate of drug-likeness (QED) is 0.499. The summed E-state index contributed by atoms with van der Waals surface area (Å²) in [6.07, 6.45) is 10.5. The zero-order valence-electron chi connectivity index (χ0n) is 16.9. The van der Waals surface area contributed by atoms with Crippen LogP contribution >= 0.6 is 23.7 Å². The van der Waals surface area contributed by atoms with Gasteiger partial charge >= 0.3 is 0 Å². The molecule has 0 aromatic carbocycles. The molecule has 0 aliphatic carbocycles. The molecule has 9 heteroatoms. The number of piperidine rings is 1. The Morgan fingerprint density at radius 1 is 1.19 bits per heavy atom. The molecule has 2 aliphatic heterocycles. The number of hydrogen-bond acceptors (Lipinski definition) is 7. The van der Waals surface area contributed by atoms with Crippen molar-refractivity contribution in [3.63, 3.8) is 0 Å². The first-order valence-corrected chi connectivity index (χ1v) is 11.1. The third-order valence-corrected chi connectivity index (χ3v) is 6.95. The first-order chi connectivity index (χ1) is 14.6. The molecule has 1 N–H and O–H groups in total. The summed E-state index contributed by atoms with van der Waals surface area (Å²) in [6, 6.07) is 7.30. The second-order valence-corrected chi connectivity index (χ2v) is 9.23. The number of thiazole rings is 1. The van der Waals surface area contributed by atoms with E-state index in [0.29, 0.717) is 28.5 Å². The number of imidazole rings is 1. The molecular formula is C22H21ClN6OS. The van der Waals surface area contributed by atoms with Gasteiger partial charge in [-0.25, -0.2) is 9.97 Å². The van der Waals surface area contributed by atoms with E-state index < -0.39 is 0 Å². The molecule has 0 saturated carbocycles. The first-order valence-electron chi connectivity index (χ1n) is 10.2. The lowest BCUT2D eigenvalue weighted by Crippen LogP contribution is -2.42. The number of nitrogens with one attached hydrogen (secondary N) is 1. The molecule has 0 unspecified atom stereocenters. The summed E-state index contributed by atoms with van der Waals surface area (Å²) in [4.78, 5) is 13.7. The van der Waals surface area contributed by atoms with Crippen LogP contribution in [-0.4, -0.2) is 37.5 Å². The average molecular weight is 453 g/mol. The third kappa shape index (κ3) is 3.63. The first kappa shape index (κ1) is 20.2. The molecule has 6 rings (SSSR count). The summed E-state index contributed by atoms with van der Waals surface area (Å²) in [5.74, 6) is 0. The van der Waals surface area contributed by atoms with Crippen molar-refractivity contribution < 1.29 is 4.74 Å². The van der Waals surface area contributed by atoms with Gasteiger partial charge in [0.15, 0.2) is 5.65 Å². The number of rotatable bonds is 3. The van der Waals surface area contributed by atoms with Crippen molar-refractivity contribution in [2.45, 2.75) is 50.8 Å². The third-order valence-electron chi connectivity index (χ3n) is 6.04. The number of nitrogens with zero attached hydrogens (tertiary/aromatic N) is 5. The van der Waals surface area contributed by atoms with E-state index in [1.54, 1.807) is 17.5 Å². The molecule has 158 valence electrons. The Hall–Kier alpha value is -2.73. The van der Waals surface area contributed by atoms with E-state index in [0.717, 1.165) is 40.0 Å². The second-order valence-electron chi connectivity index (χ2n) is 8.23. The number of pyridine rings is 2. The highest BCUT2D eigenvalue weighted by Gasteiger charge is 2.34. The Bertz CT molecular complexity index is 1310. The highest BCUT2D eigenvalue weighted by atomic mass is 35.5.